The molecule has 1 aliphatic carbocycles. The van der Waals surface area contributed by atoms with E-state index < -0.39 is 22.8 Å². The molecule has 3 aliphatic rings. The van der Waals surface area contributed by atoms with Crippen molar-refractivity contribution in [3.8, 4) is 0 Å². The molecule has 0 saturated carbocycles. The van der Waals surface area contributed by atoms with Gasteiger partial charge in [0.2, 0.25) is 0 Å². The quantitative estimate of drug-likeness (QED) is 0.637. The lowest BCUT2D eigenvalue weighted by molar-refractivity contribution is -0.149. The van der Waals surface area contributed by atoms with E-state index in [0.29, 0.717) is 11.3 Å². The van der Waals surface area contributed by atoms with E-state index in [-0.39, 0.29) is 24.8 Å². The molecule has 0 aromatic heterocycles. The van der Waals surface area contributed by atoms with Gasteiger partial charge in [0, 0.05) is 23.4 Å². The molecular formula is C26H22N2O4. The summed E-state index contributed by atoms with van der Waals surface area (Å²) in [6.07, 6.45) is 0. The molecule has 3 unspecified atom stereocenters. The van der Waals surface area contributed by atoms with E-state index in [2.05, 4.69) is 5.32 Å². The smallest absolute Gasteiger partial charge is 0.311 e. The summed E-state index contributed by atoms with van der Waals surface area (Å²) in [5.74, 6) is -1.76. The van der Waals surface area contributed by atoms with E-state index in [4.69, 9.17) is 4.74 Å². The first-order chi connectivity index (χ1) is 15.5. The SMILES string of the molecule is CCOC(=O)C1CN(C)C2(C(=O)Nc3ccccc32)C12C(=O)c1cccc3cccc2c13. The highest BCUT2D eigenvalue weighted by Gasteiger charge is 2.77. The van der Waals surface area contributed by atoms with Crippen molar-refractivity contribution >= 4 is 34.1 Å². The van der Waals surface area contributed by atoms with Gasteiger partial charge in [-0.15, -0.1) is 0 Å². The van der Waals surface area contributed by atoms with Crippen LogP contribution in [0.1, 0.15) is 28.4 Å². The molecule has 2 heterocycles. The summed E-state index contributed by atoms with van der Waals surface area (Å²) in [7, 11) is 1.82. The largest absolute Gasteiger partial charge is 0.466 e. The Balaban J connectivity index is 1.77. The van der Waals surface area contributed by atoms with Crippen molar-refractivity contribution in [1.29, 1.82) is 0 Å². The Morgan fingerprint density at radius 3 is 2.56 bits per heavy atom. The third-order valence-electron chi connectivity index (χ3n) is 7.52. The molecule has 6 nitrogen and oxygen atoms in total. The van der Waals surface area contributed by atoms with Crippen LogP contribution in [0.25, 0.3) is 10.8 Å². The minimum atomic E-state index is -1.42. The first-order valence-electron chi connectivity index (χ1n) is 10.9. The maximum absolute atomic E-state index is 14.5. The number of esters is 1. The number of fused-ring (bicyclic) bond motifs is 4. The van der Waals surface area contributed by atoms with Gasteiger partial charge in [0.25, 0.3) is 5.91 Å². The molecule has 32 heavy (non-hydrogen) atoms. The van der Waals surface area contributed by atoms with Crippen LogP contribution >= 0.6 is 0 Å². The van der Waals surface area contributed by atoms with Gasteiger partial charge in [0.05, 0.1) is 12.5 Å². The molecule has 1 amide bonds. The summed E-state index contributed by atoms with van der Waals surface area (Å²) in [5, 5.41) is 4.74. The third kappa shape index (κ3) is 1.89. The Labute approximate surface area is 185 Å². The number of carbonyl (C=O) groups excluding carboxylic acids is 3. The monoisotopic (exact) mass is 426 g/mol. The topological polar surface area (TPSA) is 75.7 Å². The molecular weight excluding hydrogens is 404 g/mol. The number of carbonyl (C=O) groups is 3. The summed E-state index contributed by atoms with van der Waals surface area (Å²) in [4.78, 5) is 43.6. The zero-order valence-corrected chi connectivity index (χ0v) is 17.8. The Morgan fingerprint density at radius 1 is 1.06 bits per heavy atom. The first kappa shape index (κ1) is 19.2. The third-order valence-corrected chi connectivity index (χ3v) is 7.52. The number of likely N-dealkylation sites (N-methyl/N-ethyl adjacent to an activating group) is 1. The molecule has 1 saturated heterocycles. The molecule has 160 valence electrons. The van der Waals surface area contributed by atoms with Crippen LogP contribution in [0.5, 0.6) is 0 Å². The number of ether oxygens (including phenoxy) is 1. The number of hydrogen-bond acceptors (Lipinski definition) is 5. The van der Waals surface area contributed by atoms with Crippen LogP contribution in [0, 0.1) is 5.92 Å². The van der Waals surface area contributed by atoms with Crippen LogP contribution in [-0.2, 0) is 25.3 Å². The lowest BCUT2D eigenvalue weighted by Gasteiger charge is -2.43. The number of hydrogen-bond donors (Lipinski definition) is 1. The van der Waals surface area contributed by atoms with Crippen LogP contribution in [-0.4, -0.2) is 42.8 Å². The lowest BCUT2D eigenvalue weighted by Crippen LogP contribution is -2.61. The molecule has 3 atom stereocenters. The van der Waals surface area contributed by atoms with Gasteiger partial charge in [-0.3, -0.25) is 19.3 Å². The molecule has 1 fully saturated rings. The fourth-order valence-electron chi connectivity index (χ4n) is 6.51. The number of likely N-dealkylation sites (tertiary alicyclic amines) is 1. The predicted molar refractivity (Wildman–Crippen MR) is 119 cm³/mol. The number of rotatable bonds is 2. The van der Waals surface area contributed by atoms with Gasteiger partial charge < -0.3 is 10.1 Å². The zero-order valence-electron chi connectivity index (χ0n) is 17.8. The van der Waals surface area contributed by atoms with Crippen molar-refractivity contribution in [2.75, 3.05) is 25.5 Å². The average Bonchev–Trinajstić information content (AvgIpc) is 3.35. The van der Waals surface area contributed by atoms with Crippen molar-refractivity contribution in [3.63, 3.8) is 0 Å². The number of benzene rings is 3. The van der Waals surface area contributed by atoms with Gasteiger partial charge >= 0.3 is 5.97 Å². The fraction of sp³-hybridized carbons (Fsp3) is 0.269. The highest BCUT2D eigenvalue weighted by molar-refractivity contribution is 6.26. The maximum Gasteiger partial charge on any atom is 0.311 e. The van der Waals surface area contributed by atoms with Crippen molar-refractivity contribution in [1.82, 2.24) is 4.90 Å². The normalized spacial score (nSPS) is 28.0. The molecule has 3 aromatic rings. The Bertz CT molecular complexity index is 1340. The van der Waals surface area contributed by atoms with Gasteiger partial charge in [-0.2, -0.15) is 0 Å². The van der Waals surface area contributed by atoms with Crippen LogP contribution in [0.4, 0.5) is 5.69 Å². The molecule has 6 heteroatoms. The van der Waals surface area contributed by atoms with E-state index in [9.17, 15) is 14.4 Å². The molecule has 6 rings (SSSR count). The highest BCUT2D eigenvalue weighted by Crippen LogP contribution is 2.64. The Morgan fingerprint density at radius 2 is 1.78 bits per heavy atom. The number of Topliss-reactive ketones (excluding diaryl/α,β-unsaturated/α-hetero) is 1. The fourth-order valence-corrected chi connectivity index (χ4v) is 6.51. The molecule has 3 aromatic carbocycles. The number of nitrogens with zero attached hydrogens (tertiary/aromatic N) is 1. The molecule has 1 N–H and O–H groups in total. The molecule has 0 radical (unpaired) electrons. The van der Waals surface area contributed by atoms with Crippen molar-refractivity contribution in [2.24, 2.45) is 5.92 Å². The van der Waals surface area contributed by atoms with Gasteiger partial charge in [-0.1, -0.05) is 54.6 Å². The van der Waals surface area contributed by atoms with E-state index in [1.165, 1.54) is 0 Å². The van der Waals surface area contributed by atoms with Crippen LogP contribution in [0.3, 0.4) is 0 Å². The van der Waals surface area contributed by atoms with Gasteiger partial charge in [-0.25, -0.2) is 0 Å². The van der Waals surface area contributed by atoms with Crippen LogP contribution in [0.2, 0.25) is 0 Å². The number of amides is 1. The zero-order chi connectivity index (χ0) is 22.3. The minimum absolute atomic E-state index is 0.196. The van der Waals surface area contributed by atoms with Crippen molar-refractivity contribution < 1.29 is 19.1 Å². The number of ketones is 1. The van der Waals surface area contributed by atoms with Crippen molar-refractivity contribution in [2.45, 2.75) is 17.9 Å². The van der Waals surface area contributed by atoms with E-state index in [0.717, 1.165) is 21.9 Å². The lowest BCUT2D eigenvalue weighted by atomic mass is 9.58. The second-order valence-electron chi connectivity index (χ2n) is 8.74. The van der Waals surface area contributed by atoms with Crippen LogP contribution < -0.4 is 5.32 Å². The first-order valence-corrected chi connectivity index (χ1v) is 10.9. The summed E-state index contributed by atoms with van der Waals surface area (Å²) < 4.78 is 5.48. The average molecular weight is 426 g/mol. The van der Waals surface area contributed by atoms with Crippen LogP contribution in [0.15, 0.2) is 60.7 Å². The summed E-state index contributed by atoms with van der Waals surface area (Å²) in [6.45, 7) is 2.19. The van der Waals surface area contributed by atoms with E-state index in [1.807, 2.05) is 66.5 Å². The molecule has 0 bridgehead atoms. The Hall–Kier alpha value is -3.51. The van der Waals surface area contributed by atoms with Gasteiger partial charge in [-0.05, 0) is 36.4 Å². The van der Waals surface area contributed by atoms with Gasteiger partial charge in [0.1, 0.15) is 11.0 Å². The second-order valence-corrected chi connectivity index (χ2v) is 8.74. The molecule has 2 spiro atoms. The van der Waals surface area contributed by atoms with E-state index >= 15 is 0 Å². The van der Waals surface area contributed by atoms with Crippen molar-refractivity contribution in [3.05, 3.63) is 77.4 Å². The summed E-state index contributed by atoms with van der Waals surface area (Å²) in [5.41, 5.74) is -0.107. The predicted octanol–water partition coefficient (Wildman–Crippen LogP) is 3.25. The number of anilines is 1. The maximum atomic E-state index is 14.5. The highest BCUT2D eigenvalue weighted by atomic mass is 16.5. The Kier molecular flexibility index (Phi) is 3.76. The number of para-hydroxylation sites is 1. The second kappa shape index (κ2) is 6.26. The summed E-state index contributed by atoms with van der Waals surface area (Å²) >= 11 is 0. The standard InChI is InChI=1S/C26H22N2O4/c1-3-32-23(30)19-14-28(2)26(17-11-4-5-13-20(17)27-24(26)31)25(19)18-12-7-9-15-8-6-10-16(21(15)18)22(25)29/h4-13,19H,3,14H2,1-2H3,(H,27,31). The summed E-state index contributed by atoms with van der Waals surface area (Å²) in [6, 6.07) is 18.8. The minimum Gasteiger partial charge on any atom is -0.466 e. The van der Waals surface area contributed by atoms with E-state index in [1.54, 1.807) is 13.0 Å². The number of nitrogens with one attached hydrogen (secondary N) is 1. The van der Waals surface area contributed by atoms with Gasteiger partial charge in [0.15, 0.2) is 5.78 Å². The molecule has 2 aliphatic heterocycles.